The van der Waals surface area contributed by atoms with Crippen molar-refractivity contribution in [3.05, 3.63) is 40.8 Å². The van der Waals surface area contributed by atoms with Gasteiger partial charge in [-0.3, -0.25) is 4.79 Å². The molecule has 1 aromatic carbocycles. The minimum Gasteiger partial charge on any atom is -0.426 e. The van der Waals surface area contributed by atoms with Gasteiger partial charge in [0.15, 0.2) is 0 Å². The Bertz CT molecular complexity index is 627. The van der Waals surface area contributed by atoms with E-state index in [1.165, 1.54) is 6.07 Å². The van der Waals surface area contributed by atoms with E-state index in [0.717, 1.165) is 24.6 Å². The Morgan fingerprint density at radius 3 is 2.79 bits per heavy atom. The van der Waals surface area contributed by atoms with Crippen LogP contribution in [-0.2, 0) is 4.79 Å². The lowest BCUT2D eigenvalue weighted by atomic mass is 10.2. The topological polar surface area (TPSA) is 56.5 Å². The van der Waals surface area contributed by atoms with Crippen molar-refractivity contribution >= 4 is 16.9 Å². The van der Waals surface area contributed by atoms with Crippen LogP contribution in [0.25, 0.3) is 11.0 Å². The summed E-state index contributed by atoms with van der Waals surface area (Å²) in [5.74, 6) is 0.148. The van der Waals surface area contributed by atoms with Gasteiger partial charge in [-0.05, 0) is 24.6 Å². The molecule has 100 valence electrons. The van der Waals surface area contributed by atoms with Gasteiger partial charge in [-0.2, -0.15) is 0 Å². The molecule has 0 saturated carbocycles. The van der Waals surface area contributed by atoms with Crippen LogP contribution in [0.2, 0.25) is 0 Å². The maximum Gasteiger partial charge on any atom is 0.336 e. The molecule has 0 aliphatic carbocycles. The molecule has 19 heavy (non-hydrogen) atoms. The fourth-order valence-electron chi connectivity index (χ4n) is 1.81. The lowest BCUT2D eigenvalue weighted by molar-refractivity contribution is -0.134. The summed E-state index contributed by atoms with van der Waals surface area (Å²) in [7, 11) is 0. The summed E-state index contributed by atoms with van der Waals surface area (Å²) in [5, 5.41) is 0.797. The van der Waals surface area contributed by atoms with Crippen molar-refractivity contribution in [1.29, 1.82) is 0 Å². The molecule has 0 bridgehead atoms. The summed E-state index contributed by atoms with van der Waals surface area (Å²) in [5.41, 5.74) is 0.00489. The summed E-state index contributed by atoms with van der Waals surface area (Å²) in [6, 6.07) is 8.05. The van der Waals surface area contributed by atoms with Gasteiger partial charge in [0.05, 0.1) is 0 Å². The van der Waals surface area contributed by atoms with Gasteiger partial charge in [0.2, 0.25) is 0 Å². The third kappa shape index (κ3) is 3.68. The lowest BCUT2D eigenvalue weighted by Gasteiger charge is -2.04. The Morgan fingerprint density at radius 1 is 1.21 bits per heavy atom. The Labute approximate surface area is 111 Å². The Kier molecular flexibility index (Phi) is 4.34. The van der Waals surface area contributed by atoms with Crippen molar-refractivity contribution in [3.63, 3.8) is 0 Å². The van der Waals surface area contributed by atoms with Crippen LogP contribution in [-0.4, -0.2) is 5.97 Å². The molecule has 0 N–H and O–H groups in total. The van der Waals surface area contributed by atoms with Crippen LogP contribution in [0.15, 0.2) is 39.5 Å². The predicted octanol–water partition coefficient (Wildman–Crippen LogP) is 3.28. The first kappa shape index (κ1) is 13.3. The monoisotopic (exact) mass is 260 g/mol. The van der Waals surface area contributed by atoms with E-state index in [9.17, 15) is 9.59 Å². The van der Waals surface area contributed by atoms with Gasteiger partial charge in [-0.25, -0.2) is 4.79 Å². The number of hydrogen-bond acceptors (Lipinski definition) is 4. The van der Waals surface area contributed by atoms with Gasteiger partial charge >= 0.3 is 11.6 Å². The Morgan fingerprint density at radius 2 is 2.00 bits per heavy atom. The number of benzene rings is 1. The smallest absolute Gasteiger partial charge is 0.336 e. The molecule has 2 rings (SSSR count). The molecular weight excluding hydrogens is 244 g/mol. The Hall–Kier alpha value is -2.10. The molecule has 0 spiro atoms. The summed E-state index contributed by atoms with van der Waals surface area (Å²) in [4.78, 5) is 22.7. The zero-order valence-electron chi connectivity index (χ0n) is 10.8. The zero-order valence-corrected chi connectivity index (χ0v) is 10.8. The molecule has 0 atom stereocenters. The number of ether oxygens (including phenoxy) is 1. The molecule has 4 heteroatoms. The highest BCUT2D eigenvalue weighted by Gasteiger charge is 2.06. The van der Waals surface area contributed by atoms with E-state index >= 15 is 0 Å². The quantitative estimate of drug-likeness (QED) is 0.358. The number of esters is 1. The van der Waals surface area contributed by atoms with Crippen LogP contribution >= 0.6 is 0 Å². The standard InChI is InChI=1S/C15H16O4/c1-2-3-4-5-14(16)18-12-8-6-11-7-9-15(17)19-13(11)10-12/h6-10H,2-5H2,1H3. The fourth-order valence-corrected chi connectivity index (χ4v) is 1.81. The summed E-state index contributed by atoms with van der Waals surface area (Å²) in [6.07, 6.45) is 3.32. The first-order valence-electron chi connectivity index (χ1n) is 6.43. The molecule has 4 nitrogen and oxygen atoms in total. The molecule has 0 aliphatic heterocycles. The molecule has 0 amide bonds. The van der Waals surface area contributed by atoms with Gasteiger partial charge < -0.3 is 9.15 Å². The average Bonchev–Trinajstić information content (AvgIpc) is 2.38. The molecule has 0 fully saturated rings. The van der Waals surface area contributed by atoms with E-state index in [2.05, 4.69) is 6.92 Å². The van der Waals surface area contributed by atoms with Crippen LogP contribution in [0.3, 0.4) is 0 Å². The minimum atomic E-state index is -0.418. The first-order chi connectivity index (χ1) is 9.19. The van der Waals surface area contributed by atoms with Crippen molar-refractivity contribution in [1.82, 2.24) is 0 Å². The zero-order chi connectivity index (χ0) is 13.7. The number of fused-ring (bicyclic) bond motifs is 1. The van der Waals surface area contributed by atoms with E-state index in [0.29, 0.717) is 17.8 Å². The normalized spacial score (nSPS) is 10.6. The maximum atomic E-state index is 11.6. The van der Waals surface area contributed by atoms with Gasteiger partial charge in [0.25, 0.3) is 0 Å². The van der Waals surface area contributed by atoms with E-state index in [1.807, 2.05) is 0 Å². The van der Waals surface area contributed by atoms with Gasteiger partial charge in [0, 0.05) is 23.9 Å². The molecule has 1 aromatic heterocycles. The Balaban J connectivity index is 2.08. The van der Waals surface area contributed by atoms with E-state index in [-0.39, 0.29) is 5.97 Å². The molecule has 0 saturated heterocycles. The fraction of sp³-hybridized carbons (Fsp3) is 0.333. The second-order valence-corrected chi connectivity index (χ2v) is 4.39. The van der Waals surface area contributed by atoms with Crippen LogP contribution in [0.4, 0.5) is 0 Å². The number of hydrogen-bond donors (Lipinski definition) is 0. The van der Waals surface area contributed by atoms with Gasteiger partial charge in [-0.1, -0.05) is 19.8 Å². The third-order valence-corrected chi connectivity index (χ3v) is 2.81. The SMILES string of the molecule is CCCCCC(=O)Oc1ccc2ccc(=O)oc2c1. The van der Waals surface area contributed by atoms with Crippen LogP contribution in [0.5, 0.6) is 5.75 Å². The second kappa shape index (κ2) is 6.18. The highest BCUT2D eigenvalue weighted by atomic mass is 16.5. The van der Waals surface area contributed by atoms with Crippen molar-refractivity contribution in [2.45, 2.75) is 32.6 Å². The number of rotatable bonds is 5. The first-order valence-corrected chi connectivity index (χ1v) is 6.43. The molecule has 2 aromatic rings. The molecule has 0 unspecified atom stereocenters. The number of unbranched alkanes of at least 4 members (excludes halogenated alkanes) is 2. The highest BCUT2D eigenvalue weighted by molar-refractivity contribution is 5.79. The molecule has 0 radical (unpaired) electrons. The molecule has 1 heterocycles. The summed E-state index contributed by atoms with van der Waals surface area (Å²) in [6.45, 7) is 2.08. The largest absolute Gasteiger partial charge is 0.426 e. The molecule has 0 aliphatic rings. The third-order valence-electron chi connectivity index (χ3n) is 2.81. The van der Waals surface area contributed by atoms with E-state index in [4.69, 9.17) is 9.15 Å². The summed E-state index contributed by atoms with van der Waals surface area (Å²) >= 11 is 0. The molecular formula is C15H16O4. The van der Waals surface area contributed by atoms with E-state index in [1.54, 1.807) is 24.3 Å². The highest BCUT2D eigenvalue weighted by Crippen LogP contribution is 2.20. The summed E-state index contributed by atoms with van der Waals surface area (Å²) < 4.78 is 10.2. The van der Waals surface area contributed by atoms with Crippen molar-refractivity contribution in [2.75, 3.05) is 0 Å². The second-order valence-electron chi connectivity index (χ2n) is 4.39. The van der Waals surface area contributed by atoms with Crippen molar-refractivity contribution in [2.24, 2.45) is 0 Å². The maximum absolute atomic E-state index is 11.6. The predicted molar refractivity (Wildman–Crippen MR) is 72.3 cm³/mol. The lowest BCUT2D eigenvalue weighted by Crippen LogP contribution is -2.07. The average molecular weight is 260 g/mol. The van der Waals surface area contributed by atoms with E-state index < -0.39 is 5.63 Å². The van der Waals surface area contributed by atoms with Crippen LogP contribution in [0.1, 0.15) is 32.6 Å². The van der Waals surface area contributed by atoms with Gasteiger partial charge in [0.1, 0.15) is 11.3 Å². The number of carbonyl (C=O) groups is 1. The number of carbonyl (C=O) groups excluding carboxylic acids is 1. The minimum absolute atomic E-state index is 0.258. The van der Waals surface area contributed by atoms with Gasteiger partial charge in [-0.15, -0.1) is 0 Å². The van der Waals surface area contributed by atoms with Crippen LogP contribution in [0, 0.1) is 0 Å². The van der Waals surface area contributed by atoms with Crippen LogP contribution < -0.4 is 10.4 Å². The van der Waals surface area contributed by atoms with Crippen molar-refractivity contribution in [3.8, 4) is 5.75 Å². The van der Waals surface area contributed by atoms with Crippen molar-refractivity contribution < 1.29 is 13.9 Å².